The fourth-order valence-corrected chi connectivity index (χ4v) is 1.32. The van der Waals surface area contributed by atoms with Crippen LogP contribution in [0.1, 0.15) is 58.2 Å². The molecule has 4 nitrogen and oxygen atoms in total. The van der Waals surface area contributed by atoms with Crippen LogP contribution in [-0.4, -0.2) is 14.8 Å². The zero-order chi connectivity index (χ0) is 11.8. The molecule has 1 aromatic rings. The Hall–Kier alpha value is -0.900. The van der Waals surface area contributed by atoms with Gasteiger partial charge in [0.1, 0.15) is 5.82 Å². The van der Waals surface area contributed by atoms with Crippen LogP contribution >= 0.6 is 0 Å². The molecule has 0 saturated carbocycles. The van der Waals surface area contributed by atoms with Crippen molar-refractivity contribution in [2.75, 3.05) is 0 Å². The summed E-state index contributed by atoms with van der Waals surface area (Å²) in [5, 5.41) is 4.37. The Kier molecular flexibility index (Phi) is 3.19. The van der Waals surface area contributed by atoms with Crippen LogP contribution in [0.4, 0.5) is 0 Å². The molecule has 1 atom stereocenters. The van der Waals surface area contributed by atoms with E-state index in [-0.39, 0.29) is 11.5 Å². The van der Waals surface area contributed by atoms with Crippen molar-refractivity contribution in [3.8, 4) is 0 Å². The van der Waals surface area contributed by atoms with Crippen molar-refractivity contribution >= 4 is 0 Å². The molecule has 2 N–H and O–H groups in total. The number of rotatable bonds is 2. The van der Waals surface area contributed by atoms with E-state index in [1.165, 1.54) is 0 Å². The van der Waals surface area contributed by atoms with Crippen molar-refractivity contribution < 1.29 is 0 Å². The Bertz CT molecular complexity index is 333. The number of nitrogens with two attached hydrogens (primary N) is 1. The van der Waals surface area contributed by atoms with Crippen LogP contribution in [-0.2, 0) is 7.05 Å². The molecular formula is C11H22N4. The molecule has 1 unspecified atom stereocenters. The Labute approximate surface area is 91.9 Å². The zero-order valence-corrected chi connectivity index (χ0v) is 10.6. The summed E-state index contributed by atoms with van der Waals surface area (Å²) < 4.78 is 1.80. The lowest BCUT2D eigenvalue weighted by Crippen LogP contribution is -2.29. The summed E-state index contributed by atoms with van der Waals surface area (Å²) in [4.78, 5) is 4.50. The fraction of sp³-hybridized carbons (Fsp3) is 0.818. The molecule has 0 spiro atoms. The molecule has 0 amide bonds. The zero-order valence-electron chi connectivity index (χ0n) is 10.6. The largest absolute Gasteiger partial charge is 0.321 e. The molecule has 0 aliphatic rings. The number of nitrogens with zero attached hydrogens (tertiary/aromatic N) is 3. The monoisotopic (exact) mass is 210 g/mol. The third kappa shape index (κ3) is 2.56. The third-order valence-electron chi connectivity index (χ3n) is 2.54. The van der Waals surface area contributed by atoms with E-state index in [1.807, 2.05) is 7.05 Å². The van der Waals surface area contributed by atoms with Gasteiger partial charge in [0.15, 0.2) is 5.82 Å². The summed E-state index contributed by atoms with van der Waals surface area (Å²) >= 11 is 0. The highest BCUT2D eigenvalue weighted by Gasteiger charge is 2.27. The van der Waals surface area contributed by atoms with Gasteiger partial charge < -0.3 is 5.73 Å². The van der Waals surface area contributed by atoms with Gasteiger partial charge in [-0.1, -0.05) is 34.6 Å². The molecule has 0 aliphatic carbocycles. The normalized spacial score (nSPS) is 14.7. The van der Waals surface area contributed by atoms with Crippen molar-refractivity contribution in [1.82, 2.24) is 14.8 Å². The summed E-state index contributed by atoms with van der Waals surface area (Å²) in [7, 11) is 1.90. The predicted molar refractivity (Wildman–Crippen MR) is 61.5 cm³/mol. The van der Waals surface area contributed by atoms with Crippen molar-refractivity contribution in [1.29, 1.82) is 0 Å². The first-order valence-electron chi connectivity index (χ1n) is 5.40. The molecule has 1 rings (SSSR count). The molecule has 0 bridgehead atoms. The summed E-state index contributed by atoms with van der Waals surface area (Å²) in [5.41, 5.74) is 6.17. The van der Waals surface area contributed by atoms with Crippen LogP contribution in [0, 0.1) is 5.41 Å². The predicted octanol–water partition coefficient (Wildman–Crippen LogP) is 1.98. The van der Waals surface area contributed by atoms with Crippen LogP contribution in [0.25, 0.3) is 0 Å². The van der Waals surface area contributed by atoms with Crippen molar-refractivity contribution in [3.63, 3.8) is 0 Å². The van der Waals surface area contributed by atoms with E-state index in [0.29, 0.717) is 5.92 Å². The van der Waals surface area contributed by atoms with Crippen LogP contribution < -0.4 is 5.73 Å². The summed E-state index contributed by atoms with van der Waals surface area (Å²) in [6, 6.07) is -0.0810. The average molecular weight is 210 g/mol. The molecule has 4 heteroatoms. The van der Waals surface area contributed by atoms with Gasteiger partial charge in [-0.15, -0.1) is 0 Å². The minimum absolute atomic E-state index is 0.00897. The van der Waals surface area contributed by atoms with E-state index >= 15 is 0 Å². The Morgan fingerprint density at radius 2 is 1.80 bits per heavy atom. The minimum Gasteiger partial charge on any atom is -0.321 e. The van der Waals surface area contributed by atoms with E-state index in [0.717, 1.165) is 11.6 Å². The van der Waals surface area contributed by atoms with Crippen LogP contribution in [0.3, 0.4) is 0 Å². The third-order valence-corrected chi connectivity index (χ3v) is 2.54. The molecule has 0 fully saturated rings. The van der Waals surface area contributed by atoms with E-state index in [1.54, 1.807) is 4.68 Å². The van der Waals surface area contributed by atoms with Crippen LogP contribution in [0.2, 0.25) is 0 Å². The molecule has 15 heavy (non-hydrogen) atoms. The Balaban J connectivity index is 3.05. The van der Waals surface area contributed by atoms with Gasteiger partial charge in [-0.3, -0.25) is 4.68 Å². The standard InChI is InChI=1S/C11H22N4/c1-7(2)9-13-10(15(6)14-9)8(12)11(3,4)5/h7-8H,12H2,1-6H3. The molecule has 0 aliphatic heterocycles. The second kappa shape index (κ2) is 3.93. The van der Waals surface area contributed by atoms with E-state index < -0.39 is 0 Å². The van der Waals surface area contributed by atoms with Crippen molar-refractivity contribution in [2.45, 2.75) is 46.6 Å². The quantitative estimate of drug-likeness (QED) is 0.812. The maximum atomic E-state index is 6.16. The molecule has 86 valence electrons. The van der Waals surface area contributed by atoms with Crippen LogP contribution in [0.15, 0.2) is 0 Å². The lowest BCUT2D eigenvalue weighted by molar-refractivity contribution is 0.308. The van der Waals surface area contributed by atoms with Crippen molar-refractivity contribution in [2.24, 2.45) is 18.2 Å². The minimum atomic E-state index is -0.0810. The van der Waals surface area contributed by atoms with Gasteiger partial charge in [0, 0.05) is 13.0 Å². The van der Waals surface area contributed by atoms with Gasteiger partial charge in [-0.05, 0) is 5.41 Å². The van der Waals surface area contributed by atoms with Gasteiger partial charge in [0.2, 0.25) is 0 Å². The highest BCUT2D eigenvalue weighted by atomic mass is 15.3. The lowest BCUT2D eigenvalue weighted by Gasteiger charge is -2.25. The molecule has 0 saturated heterocycles. The second-order valence-corrected chi connectivity index (χ2v) is 5.45. The van der Waals surface area contributed by atoms with E-state index in [2.05, 4.69) is 44.7 Å². The topological polar surface area (TPSA) is 56.7 Å². The SMILES string of the molecule is CC(C)c1nc(C(N)C(C)(C)C)n(C)n1. The highest BCUT2D eigenvalue weighted by Crippen LogP contribution is 2.29. The fourth-order valence-electron chi connectivity index (χ4n) is 1.32. The maximum Gasteiger partial charge on any atom is 0.153 e. The van der Waals surface area contributed by atoms with Crippen LogP contribution in [0.5, 0.6) is 0 Å². The summed E-state index contributed by atoms with van der Waals surface area (Å²) in [6.07, 6.45) is 0. The van der Waals surface area contributed by atoms with Gasteiger partial charge in [0.05, 0.1) is 6.04 Å². The maximum absolute atomic E-state index is 6.16. The summed E-state index contributed by atoms with van der Waals surface area (Å²) in [5.74, 6) is 2.08. The van der Waals surface area contributed by atoms with E-state index in [9.17, 15) is 0 Å². The Morgan fingerprint density at radius 3 is 2.13 bits per heavy atom. The van der Waals surface area contributed by atoms with Gasteiger partial charge >= 0.3 is 0 Å². The van der Waals surface area contributed by atoms with Gasteiger partial charge in [0.25, 0.3) is 0 Å². The molecule has 1 aromatic heterocycles. The first-order chi connectivity index (χ1) is 6.73. The number of hydrogen-bond acceptors (Lipinski definition) is 3. The second-order valence-electron chi connectivity index (χ2n) is 5.45. The van der Waals surface area contributed by atoms with E-state index in [4.69, 9.17) is 5.73 Å². The summed E-state index contributed by atoms with van der Waals surface area (Å²) in [6.45, 7) is 10.5. The number of aromatic nitrogens is 3. The smallest absolute Gasteiger partial charge is 0.153 e. The first kappa shape index (κ1) is 12.2. The highest BCUT2D eigenvalue weighted by molar-refractivity contribution is 5.03. The lowest BCUT2D eigenvalue weighted by atomic mass is 9.87. The van der Waals surface area contributed by atoms with Gasteiger partial charge in [-0.25, -0.2) is 4.98 Å². The first-order valence-corrected chi connectivity index (χ1v) is 5.40. The van der Waals surface area contributed by atoms with Gasteiger partial charge in [-0.2, -0.15) is 5.10 Å². The Morgan fingerprint density at radius 1 is 1.27 bits per heavy atom. The number of aryl methyl sites for hydroxylation is 1. The molecular weight excluding hydrogens is 188 g/mol. The number of hydrogen-bond donors (Lipinski definition) is 1. The molecule has 0 radical (unpaired) electrons. The molecule has 0 aromatic carbocycles. The average Bonchev–Trinajstić information content (AvgIpc) is 2.44. The van der Waals surface area contributed by atoms with Crippen molar-refractivity contribution in [3.05, 3.63) is 11.6 Å². The molecule has 1 heterocycles.